The normalized spacial score (nSPS) is 13.1. The van der Waals surface area contributed by atoms with Gasteiger partial charge in [-0.2, -0.15) is 13.1 Å². The van der Waals surface area contributed by atoms with Gasteiger partial charge in [0.2, 0.25) is 0 Å². The number of amides is 1. The molecular formula is C21H32N2O8S. The first kappa shape index (κ1) is 27.4. The number of hydrogen-bond acceptors (Lipinski definition) is 8. The lowest BCUT2D eigenvalue weighted by molar-refractivity contribution is -0.158. The third kappa shape index (κ3) is 12.3. The van der Waals surface area contributed by atoms with E-state index >= 15 is 0 Å². The molecule has 1 aromatic rings. The minimum absolute atomic E-state index is 0.143. The van der Waals surface area contributed by atoms with Crippen LogP contribution in [0.3, 0.4) is 0 Å². The van der Waals surface area contributed by atoms with Gasteiger partial charge in [0, 0.05) is 6.42 Å². The van der Waals surface area contributed by atoms with Crippen LogP contribution >= 0.6 is 0 Å². The maximum Gasteiger partial charge on any atom is 0.422 e. The predicted octanol–water partition coefficient (Wildman–Crippen LogP) is 2.58. The third-order valence-electron chi connectivity index (χ3n) is 3.48. The fourth-order valence-electron chi connectivity index (χ4n) is 2.33. The summed E-state index contributed by atoms with van der Waals surface area (Å²) in [4.78, 5) is 36.4. The van der Waals surface area contributed by atoms with Crippen LogP contribution in [0.5, 0.6) is 0 Å². The van der Waals surface area contributed by atoms with Gasteiger partial charge in [0.25, 0.3) is 0 Å². The highest BCUT2D eigenvalue weighted by Crippen LogP contribution is 2.14. The number of nitrogens with one attached hydrogen (secondary N) is 2. The Morgan fingerprint density at radius 2 is 1.50 bits per heavy atom. The minimum Gasteiger partial charge on any atom is -0.460 e. The van der Waals surface area contributed by atoms with Gasteiger partial charge in [-0.25, -0.2) is 9.52 Å². The van der Waals surface area contributed by atoms with Crippen LogP contribution in [0.4, 0.5) is 4.79 Å². The average molecular weight is 473 g/mol. The van der Waals surface area contributed by atoms with Crippen LogP contribution in [-0.2, 0) is 40.6 Å². The Hall–Kier alpha value is -2.66. The van der Waals surface area contributed by atoms with Crippen LogP contribution in [0.15, 0.2) is 30.3 Å². The molecule has 0 fully saturated rings. The van der Waals surface area contributed by atoms with Gasteiger partial charge in [-0.3, -0.25) is 9.59 Å². The molecule has 11 heteroatoms. The van der Waals surface area contributed by atoms with Gasteiger partial charge in [-0.15, -0.1) is 0 Å². The van der Waals surface area contributed by atoms with E-state index in [0.717, 1.165) is 0 Å². The second-order valence-electron chi connectivity index (χ2n) is 9.00. The zero-order valence-electron chi connectivity index (χ0n) is 19.3. The smallest absolute Gasteiger partial charge is 0.422 e. The van der Waals surface area contributed by atoms with Crippen molar-refractivity contribution in [3.05, 3.63) is 35.9 Å². The lowest BCUT2D eigenvalue weighted by Gasteiger charge is -2.25. The molecule has 1 aromatic carbocycles. The molecule has 0 spiro atoms. The molecule has 1 amide bonds. The molecule has 10 nitrogen and oxygen atoms in total. The number of hydrogen-bond donors (Lipinski definition) is 2. The Balaban J connectivity index is 2.78. The summed E-state index contributed by atoms with van der Waals surface area (Å²) in [5.41, 5.74) is -0.964. The Bertz CT molecular complexity index is 887. The molecular weight excluding hydrogens is 440 g/mol. The van der Waals surface area contributed by atoms with Gasteiger partial charge in [0.05, 0.1) is 0 Å². The summed E-state index contributed by atoms with van der Waals surface area (Å²) in [5, 5.41) is 0. The second-order valence-corrected chi connectivity index (χ2v) is 10.4. The van der Waals surface area contributed by atoms with Crippen LogP contribution in [0, 0.1) is 0 Å². The minimum atomic E-state index is -4.50. The Morgan fingerprint density at radius 3 is 2.03 bits per heavy atom. The number of carbonyl (C=O) groups is 3. The Kier molecular flexibility index (Phi) is 9.65. The Morgan fingerprint density at radius 1 is 0.938 bits per heavy atom. The molecule has 0 saturated heterocycles. The first-order valence-corrected chi connectivity index (χ1v) is 11.5. The number of ether oxygens (including phenoxy) is 3. The van der Waals surface area contributed by atoms with Gasteiger partial charge in [0.15, 0.2) is 0 Å². The quantitative estimate of drug-likeness (QED) is 0.413. The van der Waals surface area contributed by atoms with Crippen molar-refractivity contribution >= 4 is 28.2 Å². The molecule has 0 aromatic heterocycles. The van der Waals surface area contributed by atoms with Crippen LogP contribution in [0.2, 0.25) is 0 Å². The molecule has 0 radical (unpaired) electrons. The number of rotatable bonds is 9. The lowest BCUT2D eigenvalue weighted by Crippen LogP contribution is -2.50. The van der Waals surface area contributed by atoms with Crippen molar-refractivity contribution in [2.45, 2.75) is 78.2 Å². The van der Waals surface area contributed by atoms with E-state index < -0.39 is 45.5 Å². The highest BCUT2D eigenvalue weighted by Gasteiger charge is 2.31. The lowest BCUT2D eigenvalue weighted by atomic mass is 10.1. The average Bonchev–Trinajstić information content (AvgIpc) is 2.61. The predicted molar refractivity (Wildman–Crippen MR) is 117 cm³/mol. The van der Waals surface area contributed by atoms with Crippen molar-refractivity contribution in [2.24, 2.45) is 0 Å². The first-order valence-electron chi connectivity index (χ1n) is 10.0. The summed E-state index contributed by atoms with van der Waals surface area (Å²) in [6.07, 6.45) is -1.71. The van der Waals surface area contributed by atoms with Crippen molar-refractivity contribution in [1.29, 1.82) is 0 Å². The van der Waals surface area contributed by atoms with Crippen molar-refractivity contribution in [1.82, 2.24) is 9.44 Å². The van der Waals surface area contributed by atoms with Gasteiger partial charge in [-0.1, -0.05) is 30.3 Å². The van der Waals surface area contributed by atoms with Gasteiger partial charge >= 0.3 is 28.2 Å². The van der Waals surface area contributed by atoms with E-state index in [1.165, 1.54) is 0 Å². The third-order valence-corrected chi connectivity index (χ3v) is 4.51. The van der Waals surface area contributed by atoms with E-state index in [9.17, 15) is 22.8 Å². The highest BCUT2D eigenvalue weighted by atomic mass is 32.2. The zero-order chi connectivity index (χ0) is 24.6. The van der Waals surface area contributed by atoms with Crippen molar-refractivity contribution < 1.29 is 37.0 Å². The fraction of sp³-hybridized carbons (Fsp3) is 0.571. The van der Waals surface area contributed by atoms with Gasteiger partial charge < -0.3 is 14.2 Å². The molecule has 0 bridgehead atoms. The van der Waals surface area contributed by atoms with E-state index in [1.807, 2.05) is 4.72 Å². The summed E-state index contributed by atoms with van der Waals surface area (Å²) >= 11 is 0. The largest absolute Gasteiger partial charge is 0.460 e. The fourth-order valence-corrected chi connectivity index (χ4v) is 3.26. The molecule has 0 unspecified atom stereocenters. The molecule has 0 aliphatic carbocycles. The van der Waals surface area contributed by atoms with Crippen molar-refractivity contribution in [2.75, 3.05) is 0 Å². The monoisotopic (exact) mass is 472 g/mol. The first-order chi connectivity index (χ1) is 14.6. The number of benzene rings is 1. The van der Waals surface area contributed by atoms with Crippen LogP contribution < -0.4 is 9.44 Å². The van der Waals surface area contributed by atoms with Crippen LogP contribution in [0.25, 0.3) is 0 Å². The maximum absolute atomic E-state index is 12.5. The second kappa shape index (κ2) is 11.3. The molecule has 0 saturated carbocycles. The highest BCUT2D eigenvalue weighted by molar-refractivity contribution is 7.88. The number of esters is 2. The van der Waals surface area contributed by atoms with Crippen LogP contribution in [-0.4, -0.2) is 43.7 Å². The topological polar surface area (TPSA) is 137 Å². The van der Waals surface area contributed by atoms with E-state index in [2.05, 4.69) is 0 Å². The van der Waals surface area contributed by atoms with Crippen molar-refractivity contribution in [3.63, 3.8) is 0 Å². The summed E-state index contributed by atoms with van der Waals surface area (Å²) in [5.74, 6) is -1.51. The van der Waals surface area contributed by atoms with Crippen molar-refractivity contribution in [3.8, 4) is 0 Å². The number of carbonyl (C=O) groups excluding carboxylic acids is 3. The summed E-state index contributed by atoms with van der Waals surface area (Å²) < 4.78 is 43.7. The Labute approximate surface area is 189 Å². The summed E-state index contributed by atoms with van der Waals surface area (Å²) in [6, 6.07) is 7.24. The molecule has 32 heavy (non-hydrogen) atoms. The van der Waals surface area contributed by atoms with E-state index in [1.54, 1.807) is 76.6 Å². The SMILES string of the molecule is CC(C)(C)OC(=O)CC[C@H](NS(=O)(=O)NC(=O)OCc1ccccc1)C(=O)OC(C)(C)C. The standard InChI is InChI=1S/C21H32N2O8S/c1-20(2,3)30-17(24)13-12-16(18(25)31-21(4,5)6)22-32(27,28)23-19(26)29-14-15-10-8-7-9-11-15/h7-11,16,22H,12-14H2,1-6H3,(H,23,26)/t16-/m0/s1. The molecule has 0 heterocycles. The van der Waals surface area contributed by atoms with Gasteiger partial charge in [-0.05, 0) is 53.5 Å². The molecule has 180 valence electrons. The summed E-state index contributed by atoms with van der Waals surface area (Å²) in [7, 11) is -4.50. The molecule has 0 aliphatic rings. The van der Waals surface area contributed by atoms with E-state index in [-0.39, 0.29) is 19.4 Å². The van der Waals surface area contributed by atoms with E-state index in [4.69, 9.17) is 14.2 Å². The van der Waals surface area contributed by atoms with Crippen LogP contribution in [0.1, 0.15) is 59.9 Å². The van der Waals surface area contributed by atoms with E-state index in [0.29, 0.717) is 5.56 Å². The van der Waals surface area contributed by atoms with Gasteiger partial charge in [0.1, 0.15) is 23.9 Å². The molecule has 0 aliphatic heterocycles. The zero-order valence-corrected chi connectivity index (χ0v) is 20.1. The molecule has 1 rings (SSSR count). The molecule has 2 N–H and O–H groups in total. The maximum atomic E-state index is 12.5. The molecule has 1 atom stereocenters. The summed E-state index contributed by atoms with van der Waals surface area (Å²) in [6.45, 7) is 9.75.